The van der Waals surface area contributed by atoms with Crippen LogP contribution in [0, 0.1) is 0 Å². The summed E-state index contributed by atoms with van der Waals surface area (Å²) in [6, 6.07) is 15.1. The molecule has 0 spiro atoms. The van der Waals surface area contributed by atoms with Crippen molar-refractivity contribution in [2.45, 2.75) is 70.7 Å². The molecule has 37 heavy (non-hydrogen) atoms. The lowest BCUT2D eigenvalue weighted by Gasteiger charge is -2.20. The Bertz CT molecular complexity index is 1240. The molecule has 1 aromatic heterocycles. The minimum absolute atomic E-state index is 0.0479. The molecule has 204 valence electrons. The van der Waals surface area contributed by atoms with Crippen molar-refractivity contribution in [1.29, 1.82) is 0 Å². The number of alkyl halides is 3. The Labute approximate surface area is 218 Å². The number of nitrogens with zero attached hydrogens (tertiary/aromatic N) is 2. The number of hydrogen-bond donors (Lipinski definition) is 0. The predicted molar refractivity (Wildman–Crippen MR) is 142 cm³/mol. The predicted octanol–water partition coefficient (Wildman–Crippen LogP) is 7.03. The van der Waals surface area contributed by atoms with Crippen LogP contribution in [-0.4, -0.2) is 37.2 Å². The van der Waals surface area contributed by atoms with E-state index in [-0.39, 0.29) is 16.6 Å². The number of sulfone groups is 1. The Hall–Kier alpha value is -2.81. The molecule has 2 aromatic carbocycles. The number of halogens is 3. The van der Waals surface area contributed by atoms with E-state index in [1.165, 1.54) is 5.56 Å². The first-order valence-electron chi connectivity index (χ1n) is 12.0. The molecule has 3 rings (SSSR count). The van der Waals surface area contributed by atoms with Gasteiger partial charge in [0.1, 0.15) is 11.4 Å². The number of rotatable bonds is 6. The molecule has 1 heterocycles. The average Bonchev–Trinajstić information content (AvgIpc) is 3.31. The van der Waals surface area contributed by atoms with E-state index in [1.807, 2.05) is 55.9 Å². The van der Waals surface area contributed by atoms with Crippen LogP contribution in [0.15, 0.2) is 60.9 Å². The van der Waals surface area contributed by atoms with Crippen LogP contribution in [0.25, 0.3) is 5.69 Å². The Morgan fingerprint density at radius 2 is 1.46 bits per heavy atom. The number of benzene rings is 2. The monoisotopic (exact) mass is 538 g/mol. The van der Waals surface area contributed by atoms with Crippen LogP contribution in [0.2, 0.25) is 0 Å². The van der Waals surface area contributed by atoms with Gasteiger partial charge in [-0.3, -0.25) is 0 Å². The van der Waals surface area contributed by atoms with Crippen molar-refractivity contribution in [3.05, 3.63) is 77.6 Å². The molecule has 0 amide bonds. The lowest BCUT2D eigenvalue weighted by Crippen LogP contribution is -2.17. The molecule has 0 bridgehead atoms. The van der Waals surface area contributed by atoms with Gasteiger partial charge in [-0.1, -0.05) is 71.9 Å². The quantitative estimate of drug-likeness (QED) is 0.338. The highest BCUT2D eigenvalue weighted by Crippen LogP contribution is 2.30. The molecule has 9 heteroatoms. The van der Waals surface area contributed by atoms with E-state index in [1.54, 1.807) is 25.4 Å². The molecule has 0 aliphatic carbocycles. The fraction of sp³-hybridized carbons (Fsp3) is 0.464. The summed E-state index contributed by atoms with van der Waals surface area (Å²) in [6.45, 7) is 12.7. The standard InChI is InChI=1S/C14H19F3O2S.C14H18N2O/c1-13(2,3)12-6-4-11(5-7-12)10-20(18,19)9-8-14(15,16)17;1-14(2,3)11-6-7-12(13(10-11)17-4)16-9-5-8-15-16/h4-7H,8-10H2,1-3H3;5-10H,1-4H3. The summed E-state index contributed by atoms with van der Waals surface area (Å²) in [6.07, 6.45) is -2.07. The number of hydrogen-bond acceptors (Lipinski definition) is 4. The van der Waals surface area contributed by atoms with Gasteiger partial charge in [0.2, 0.25) is 0 Å². The van der Waals surface area contributed by atoms with Gasteiger partial charge >= 0.3 is 6.18 Å². The molecule has 0 saturated heterocycles. The van der Waals surface area contributed by atoms with E-state index < -0.39 is 28.2 Å². The number of ether oxygens (including phenoxy) is 1. The van der Waals surface area contributed by atoms with Crippen LogP contribution in [-0.2, 0) is 26.4 Å². The van der Waals surface area contributed by atoms with Crippen molar-refractivity contribution >= 4 is 9.84 Å². The van der Waals surface area contributed by atoms with Gasteiger partial charge in [-0.2, -0.15) is 18.3 Å². The SMILES string of the molecule is CC(C)(C)c1ccc(CS(=O)(=O)CCC(F)(F)F)cc1.COc1cc(C(C)(C)C)ccc1-n1cccn1. The van der Waals surface area contributed by atoms with Gasteiger partial charge in [0, 0.05) is 12.4 Å². The Kier molecular flexibility index (Phi) is 9.63. The Morgan fingerprint density at radius 3 is 1.92 bits per heavy atom. The van der Waals surface area contributed by atoms with Crippen LogP contribution in [0.4, 0.5) is 13.2 Å². The molecule has 3 aromatic rings. The van der Waals surface area contributed by atoms with Crippen LogP contribution in [0.3, 0.4) is 0 Å². The van der Waals surface area contributed by atoms with Crippen LogP contribution in [0.1, 0.15) is 64.7 Å². The van der Waals surface area contributed by atoms with Crippen LogP contribution in [0.5, 0.6) is 5.75 Å². The average molecular weight is 539 g/mol. The van der Waals surface area contributed by atoms with Crippen molar-refractivity contribution in [3.8, 4) is 11.4 Å². The number of aromatic nitrogens is 2. The first-order valence-corrected chi connectivity index (χ1v) is 13.8. The molecular formula is C28H37F3N2O3S. The van der Waals surface area contributed by atoms with E-state index in [0.717, 1.165) is 17.0 Å². The zero-order valence-corrected chi connectivity index (χ0v) is 23.4. The minimum atomic E-state index is -4.44. The van der Waals surface area contributed by atoms with Crippen molar-refractivity contribution in [3.63, 3.8) is 0 Å². The summed E-state index contributed by atoms with van der Waals surface area (Å²) in [7, 11) is -2.05. The first kappa shape index (κ1) is 30.4. The summed E-state index contributed by atoms with van der Waals surface area (Å²) < 4.78 is 66.6. The van der Waals surface area contributed by atoms with Gasteiger partial charge < -0.3 is 4.74 Å². The third-order valence-electron chi connectivity index (χ3n) is 5.70. The minimum Gasteiger partial charge on any atom is -0.494 e. The van der Waals surface area contributed by atoms with Crippen LogP contribution < -0.4 is 4.74 Å². The van der Waals surface area contributed by atoms with Gasteiger partial charge in [-0.25, -0.2) is 13.1 Å². The van der Waals surface area contributed by atoms with Gasteiger partial charge in [-0.15, -0.1) is 0 Å². The van der Waals surface area contributed by atoms with Gasteiger partial charge in [0.15, 0.2) is 9.84 Å². The molecular weight excluding hydrogens is 501 g/mol. The largest absolute Gasteiger partial charge is 0.494 e. The van der Waals surface area contributed by atoms with Gasteiger partial charge in [0.25, 0.3) is 0 Å². The zero-order valence-electron chi connectivity index (χ0n) is 22.6. The molecule has 0 N–H and O–H groups in total. The molecule has 5 nitrogen and oxygen atoms in total. The second-order valence-corrected chi connectivity index (χ2v) is 13.2. The van der Waals surface area contributed by atoms with Crippen molar-refractivity contribution in [2.75, 3.05) is 12.9 Å². The van der Waals surface area contributed by atoms with E-state index >= 15 is 0 Å². The Balaban J connectivity index is 0.000000263. The first-order chi connectivity index (χ1) is 16.9. The highest BCUT2D eigenvalue weighted by molar-refractivity contribution is 7.90. The normalized spacial score (nSPS) is 12.6. The van der Waals surface area contributed by atoms with Crippen LogP contribution >= 0.6 is 0 Å². The molecule has 0 saturated carbocycles. The van der Waals surface area contributed by atoms with E-state index in [0.29, 0.717) is 5.56 Å². The van der Waals surface area contributed by atoms with E-state index in [9.17, 15) is 21.6 Å². The maximum absolute atomic E-state index is 12.0. The summed E-state index contributed by atoms with van der Waals surface area (Å²) in [5.74, 6) is -0.369. The fourth-order valence-electron chi connectivity index (χ4n) is 3.44. The lowest BCUT2D eigenvalue weighted by atomic mass is 9.87. The molecule has 0 radical (unpaired) electrons. The molecule has 0 aliphatic heterocycles. The second-order valence-electron chi connectivity index (χ2n) is 11.0. The summed E-state index contributed by atoms with van der Waals surface area (Å²) in [5.41, 5.74) is 3.86. The molecule has 0 aliphatic rings. The summed E-state index contributed by atoms with van der Waals surface area (Å²) >= 11 is 0. The topological polar surface area (TPSA) is 61.2 Å². The summed E-state index contributed by atoms with van der Waals surface area (Å²) in [5, 5.41) is 4.22. The Morgan fingerprint density at radius 1 is 0.892 bits per heavy atom. The zero-order chi connectivity index (χ0) is 28.1. The summed E-state index contributed by atoms with van der Waals surface area (Å²) in [4.78, 5) is 0. The maximum atomic E-state index is 12.0. The van der Waals surface area contributed by atoms with E-state index in [2.05, 4.69) is 38.0 Å². The van der Waals surface area contributed by atoms with Crippen molar-refractivity contribution in [2.24, 2.45) is 0 Å². The third kappa shape index (κ3) is 9.87. The smallest absolute Gasteiger partial charge is 0.390 e. The van der Waals surface area contributed by atoms with E-state index in [4.69, 9.17) is 4.74 Å². The lowest BCUT2D eigenvalue weighted by molar-refractivity contribution is -0.129. The molecule has 0 fully saturated rings. The third-order valence-corrected chi connectivity index (χ3v) is 7.30. The number of methoxy groups -OCH3 is 1. The molecule has 0 atom stereocenters. The van der Waals surface area contributed by atoms with Gasteiger partial charge in [0.05, 0.1) is 25.0 Å². The highest BCUT2D eigenvalue weighted by Gasteiger charge is 2.30. The second kappa shape index (κ2) is 11.7. The van der Waals surface area contributed by atoms with Crippen molar-refractivity contribution in [1.82, 2.24) is 9.78 Å². The highest BCUT2D eigenvalue weighted by atomic mass is 32.2. The fourth-order valence-corrected chi connectivity index (χ4v) is 4.83. The van der Waals surface area contributed by atoms with Gasteiger partial charge in [-0.05, 0) is 45.7 Å². The van der Waals surface area contributed by atoms with Crippen molar-refractivity contribution < 1.29 is 26.3 Å². The maximum Gasteiger partial charge on any atom is 0.390 e. The molecule has 0 unspecified atom stereocenters.